The van der Waals surface area contributed by atoms with Crippen LogP contribution in [0.2, 0.25) is 0 Å². The lowest BCUT2D eigenvalue weighted by molar-refractivity contribution is -0.142. The van der Waals surface area contributed by atoms with E-state index in [0.29, 0.717) is 13.0 Å². The van der Waals surface area contributed by atoms with Gasteiger partial charge in [0.05, 0.1) is 12.5 Å². The molecular formula is C15H24N4O7S. The van der Waals surface area contributed by atoms with Gasteiger partial charge in [0, 0.05) is 5.75 Å². The molecule has 12 heteroatoms. The van der Waals surface area contributed by atoms with Crippen molar-refractivity contribution in [2.75, 3.05) is 12.3 Å². The summed E-state index contributed by atoms with van der Waals surface area (Å²) in [5, 5.41) is 27.7. The Bertz CT molecular complexity index is 595. The molecule has 0 spiro atoms. The van der Waals surface area contributed by atoms with Crippen molar-refractivity contribution in [2.24, 2.45) is 0 Å². The van der Waals surface area contributed by atoms with E-state index in [1.807, 2.05) is 0 Å². The van der Waals surface area contributed by atoms with Crippen molar-refractivity contribution in [3.05, 3.63) is 0 Å². The van der Waals surface area contributed by atoms with Gasteiger partial charge < -0.3 is 31.5 Å². The van der Waals surface area contributed by atoms with Crippen molar-refractivity contribution in [3.63, 3.8) is 0 Å². The summed E-state index contributed by atoms with van der Waals surface area (Å²) in [4.78, 5) is 58.3. The number of carboxylic acid groups (broad SMARTS) is 2. The van der Waals surface area contributed by atoms with Crippen molar-refractivity contribution >= 4 is 42.3 Å². The molecule has 0 aromatic carbocycles. The Hall–Kier alpha value is -2.34. The van der Waals surface area contributed by atoms with Crippen LogP contribution in [0.1, 0.15) is 26.2 Å². The molecule has 1 aliphatic rings. The molecule has 0 radical (unpaired) electrons. The number of rotatable bonds is 10. The fourth-order valence-corrected chi connectivity index (χ4v) is 2.67. The minimum absolute atomic E-state index is 0.145. The van der Waals surface area contributed by atoms with E-state index in [-0.39, 0.29) is 5.75 Å². The highest BCUT2D eigenvalue weighted by molar-refractivity contribution is 7.80. The van der Waals surface area contributed by atoms with E-state index >= 15 is 0 Å². The van der Waals surface area contributed by atoms with Crippen LogP contribution in [-0.2, 0) is 24.0 Å². The first kappa shape index (κ1) is 22.7. The first-order valence-corrected chi connectivity index (χ1v) is 8.99. The highest BCUT2D eigenvalue weighted by Crippen LogP contribution is 2.06. The molecule has 27 heavy (non-hydrogen) atoms. The molecule has 1 heterocycles. The number of nitrogens with one attached hydrogen (secondary N) is 4. The standard InChI is InChI=1S/C15H24N4O7S/c1-7(12(22)19-10(6-27)15(25)26)17-14(24)9(5-11(20)21)18-13(23)8-3-2-4-16-8/h7-10,16,27H,2-6H2,1H3,(H,17,24)(H,18,23)(H,19,22)(H,20,21)(H,25,26). The Morgan fingerprint density at radius 1 is 1.07 bits per heavy atom. The maximum atomic E-state index is 12.3. The van der Waals surface area contributed by atoms with E-state index in [1.165, 1.54) is 6.92 Å². The van der Waals surface area contributed by atoms with Crippen LogP contribution in [-0.4, -0.2) is 76.3 Å². The van der Waals surface area contributed by atoms with E-state index in [9.17, 15) is 24.0 Å². The summed E-state index contributed by atoms with van der Waals surface area (Å²) in [5.41, 5.74) is 0. The Morgan fingerprint density at radius 2 is 1.74 bits per heavy atom. The zero-order chi connectivity index (χ0) is 20.6. The van der Waals surface area contributed by atoms with E-state index in [2.05, 4.69) is 33.9 Å². The first-order chi connectivity index (χ1) is 12.6. The molecule has 1 aliphatic heterocycles. The predicted molar refractivity (Wildman–Crippen MR) is 96.2 cm³/mol. The molecule has 0 aliphatic carbocycles. The summed E-state index contributed by atoms with van der Waals surface area (Å²) in [5.74, 6) is -4.85. The summed E-state index contributed by atoms with van der Waals surface area (Å²) in [6, 6.07) is -4.24. The van der Waals surface area contributed by atoms with Gasteiger partial charge in [-0.05, 0) is 26.3 Å². The molecule has 11 nitrogen and oxygen atoms in total. The quantitative estimate of drug-likeness (QED) is 0.199. The molecule has 4 unspecified atom stereocenters. The molecule has 0 aromatic rings. The molecule has 1 saturated heterocycles. The lowest BCUT2D eigenvalue weighted by atomic mass is 10.1. The number of hydrogen-bond donors (Lipinski definition) is 7. The van der Waals surface area contributed by atoms with Crippen molar-refractivity contribution in [1.82, 2.24) is 21.3 Å². The summed E-state index contributed by atoms with van der Waals surface area (Å²) in [7, 11) is 0. The van der Waals surface area contributed by atoms with E-state index in [1.54, 1.807) is 0 Å². The Balaban J connectivity index is 2.68. The first-order valence-electron chi connectivity index (χ1n) is 8.35. The second-order valence-electron chi connectivity index (χ2n) is 6.12. The number of amides is 3. The topological polar surface area (TPSA) is 174 Å². The number of hydrogen-bond acceptors (Lipinski definition) is 7. The highest BCUT2D eigenvalue weighted by Gasteiger charge is 2.30. The zero-order valence-corrected chi connectivity index (χ0v) is 15.6. The highest BCUT2D eigenvalue weighted by atomic mass is 32.1. The van der Waals surface area contributed by atoms with Crippen LogP contribution < -0.4 is 21.3 Å². The molecule has 1 rings (SSSR count). The van der Waals surface area contributed by atoms with Gasteiger partial charge >= 0.3 is 11.9 Å². The lowest BCUT2D eigenvalue weighted by Gasteiger charge is -2.22. The monoisotopic (exact) mass is 404 g/mol. The van der Waals surface area contributed by atoms with Crippen LogP contribution in [0.25, 0.3) is 0 Å². The molecule has 3 amide bonds. The third-order valence-corrected chi connectivity index (χ3v) is 4.30. The van der Waals surface area contributed by atoms with E-state index in [4.69, 9.17) is 10.2 Å². The van der Waals surface area contributed by atoms with Gasteiger partial charge in [-0.3, -0.25) is 19.2 Å². The number of aliphatic carboxylic acids is 2. The summed E-state index contributed by atoms with van der Waals surface area (Å²) < 4.78 is 0. The fraction of sp³-hybridized carbons (Fsp3) is 0.667. The van der Waals surface area contributed by atoms with Crippen molar-refractivity contribution < 1.29 is 34.2 Å². The lowest BCUT2D eigenvalue weighted by Crippen LogP contribution is -2.56. The largest absolute Gasteiger partial charge is 0.481 e. The third-order valence-electron chi connectivity index (χ3n) is 3.94. The second-order valence-corrected chi connectivity index (χ2v) is 6.49. The maximum Gasteiger partial charge on any atom is 0.327 e. The molecule has 152 valence electrons. The molecule has 0 aromatic heterocycles. The summed E-state index contributed by atoms with van der Waals surface area (Å²) >= 11 is 3.82. The van der Waals surface area contributed by atoms with Crippen LogP contribution in [0.5, 0.6) is 0 Å². The van der Waals surface area contributed by atoms with Gasteiger partial charge in [0.2, 0.25) is 17.7 Å². The molecule has 0 bridgehead atoms. The molecular weight excluding hydrogens is 380 g/mol. The Labute approximate surface area is 161 Å². The molecule has 6 N–H and O–H groups in total. The number of carbonyl (C=O) groups excluding carboxylic acids is 3. The van der Waals surface area contributed by atoms with Crippen LogP contribution in [0.4, 0.5) is 0 Å². The average Bonchev–Trinajstić information content (AvgIpc) is 3.12. The smallest absolute Gasteiger partial charge is 0.327 e. The average molecular weight is 404 g/mol. The number of thiol groups is 1. The zero-order valence-electron chi connectivity index (χ0n) is 14.7. The second kappa shape index (κ2) is 10.7. The van der Waals surface area contributed by atoms with Gasteiger partial charge in [0.15, 0.2) is 0 Å². The van der Waals surface area contributed by atoms with Crippen LogP contribution >= 0.6 is 12.6 Å². The molecule has 0 saturated carbocycles. The van der Waals surface area contributed by atoms with E-state index < -0.39 is 60.2 Å². The predicted octanol–water partition coefficient (Wildman–Crippen LogP) is -2.30. The van der Waals surface area contributed by atoms with Gasteiger partial charge in [-0.25, -0.2) is 4.79 Å². The Kier molecular flexibility index (Phi) is 9.02. The van der Waals surface area contributed by atoms with Gasteiger partial charge in [-0.1, -0.05) is 0 Å². The third kappa shape index (κ3) is 7.43. The minimum Gasteiger partial charge on any atom is -0.481 e. The number of carboxylic acids is 2. The maximum absolute atomic E-state index is 12.3. The minimum atomic E-state index is -1.37. The van der Waals surface area contributed by atoms with Crippen LogP contribution in [0, 0.1) is 0 Å². The SMILES string of the molecule is CC(NC(=O)C(CC(=O)O)NC(=O)C1CCCN1)C(=O)NC(CS)C(=O)O. The van der Waals surface area contributed by atoms with Crippen molar-refractivity contribution in [2.45, 2.75) is 50.4 Å². The fourth-order valence-electron chi connectivity index (χ4n) is 2.43. The normalized spacial score (nSPS) is 19.4. The van der Waals surface area contributed by atoms with Crippen LogP contribution in [0.3, 0.4) is 0 Å². The van der Waals surface area contributed by atoms with Crippen LogP contribution in [0.15, 0.2) is 0 Å². The molecule has 1 fully saturated rings. The number of carbonyl (C=O) groups is 5. The van der Waals surface area contributed by atoms with Crippen molar-refractivity contribution in [1.29, 1.82) is 0 Å². The van der Waals surface area contributed by atoms with Gasteiger partial charge in [-0.15, -0.1) is 0 Å². The van der Waals surface area contributed by atoms with E-state index in [0.717, 1.165) is 6.42 Å². The molecule has 4 atom stereocenters. The van der Waals surface area contributed by atoms with Crippen molar-refractivity contribution in [3.8, 4) is 0 Å². The van der Waals surface area contributed by atoms with Gasteiger partial charge in [0.25, 0.3) is 0 Å². The summed E-state index contributed by atoms with van der Waals surface area (Å²) in [6.07, 6.45) is 0.709. The summed E-state index contributed by atoms with van der Waals surface area (Å²) in [6.45, 7) is 1.96. The van der Waals surface area contributed by atoms with Gasteiger partial charge in [0.1, 0.15) is 18.1 Å². The Morgan fingerprint density at radius 3 is 2.22 bits per heavy atom. The van der Waals surface area contributed by atoms with Gasteiger partial charge in [-0.2, -0.15) is 12.6 Å².